The summed E-state index contributed by atoms with van der Waals surface area (Å²) >= 11 is 3.06. The molecule has 92 valence electrons. The van der Waals surface area contributed by atoms with Crippen LogP contribution in [-0.2, 0) is 0 Å². The van der Waals surface area contributed by atoms with Crippen LogP contribution in [-0.4, -0.2) is 27.6 Å². The summed E-state index contributed by atoms with van der Waals surface area (Å²) < 4.78 is 38.3. The molecule has 0 aromatic carbocycles. The van der Waals surface area contributed by atoms with E-state index in [0.717, 1.165) is 0 Å². The number of hydrogen-bond acceptors (Lipinski definition) is 3. The van der Waals surface area contributed by atoms with E-state index in [1.165, 1.54) is 12.4 Å². The van der Waals surface area contributed by atoms with Crippen LogP contribution in [0, 0.1) is 0 Å². The fourth-order valence-corrected chi connectivity index (χ4v) is 1.51. The van der Waals surface area contributed by atoms with Crippen molar-refractivity contribution in [3.05, 3.63) is 22.7 Å². The summed E-state index contributed by atoms with van der Waals surface area (Å²) in [5, 5.41) is 1.94. The van der Waals surface area contributed by atoms with Crippen molar-refractivity contribution in [1.29, 1.82) is 0 Å². The van der Waals surface area contributed by atoms with Crippen LogP contribution in [0.3, 0.4) is 0 Å². The van der Waals surface area contributed by atoms with Crippen molar-refractivity contribution >= 4 is 21.8 Å². The standard InChI is InChI=1S/C9H7BrF3N3O/c10-5-3-14-6(15-4-5)7(17)16-8(1-2-8)9(11,12)13/h3-4H,1-2H2,(H,16,17). The Balaban J connectivity index is 2.10. The van der Waals surface area contributed by atoms with Crippen LogP contribution in [0.4, 0.5) is 13.2 Å². The Morgan fingerprint density at radius 1 is 1.35 bits per heavy atom. The van der Waals surface area contributed by atoms with Crippen molar-refractivity contribution in [2.24, 2.45) is 0 Å². The maximum Gasteiger partial charge on any atom is 0.411 e. The molecular formula is C9H7BrF3N3O. The van der Waals surface area contributed by atoms with Crippen molar-refractivity contribution in [1.82, 2.24) is 15.3 Å². The number of amides is 1. The fourth-order valence-electron chi connectivity index (χ4n) is 1.31. The van der Waals surface area contributed by atoms with Gasteiger partial charge < -0.3 is 5.32 Å². The molecule has 1 aliphatic carbocycles. The molecular weight excluding hydrogens is 303 g/mol. The number of aromatic nitrogens is 2. The largest absolute Gasteiger partial charge is 0.411 e. The molecule has 1 aromatic heterocycles. The fraction of sp³-hybridized carbons (Fsp3) is 0.444. The second kappa shape index (κ2) is 3.94. The van der Waals surface area contributed by atoms with Gasteiger partial charge in [-0.2, -0.15) is 13.2 Å². The molecule has 0 spiro atoms. The van der Waals surface area contributed by atoms with Crippen molar-refractivity contribution in [2.75, 3.05) is 0 Å². The minimum Gasteiger partial charge on any atom is -0.335 e. The normalized spacial score (nSPS) is 17.6. The first-order valence-electron chi connectivity index (χ1n) is 4.71. The van der Waals surface area contributed by atoms with Crippen LogP contribution < -0.4 is 5.32 Å². The first-order chi connectivity index (χ1) is 7.84. The monoisotopic (exact) mass is 309 g/mol. The van der Waals surface area contributed by atoms with Crippen LogP contribution in [0.1, 0.15) is 23.5 Å². The van der Waals surface area contributed by atoms with Crippen molar-refractivity contribution in [2.45, 2.75) is 24.6 Å². The average molecular weight is 310 g/mol. The maximum atomic E-state index is 12.6. The minimum absolute atomic E-state index is 0.0984. The Labute approximate surface area is 103 Å². The third kappa shape index (κ3) is 2.41. The zero-order valence-corrected chi connectivity index (χ0v) is 9.97. The molecule has 0 radical (unpaired) electrons. The summed E-state index contributed by atoms with van der Waals surface area (Å²) in [6.07, 6.45) is -2.03. The van der Waals surface area contributed by atoms with Crippen LogP contribution in [0.2, 0.25) is 0 Å². The number of carbonyl (C=O) groups excluding carboxylic acids is 1. The van der Waals surface area contributed by atoms with Crippen molar-refractivity contribution in [3.63, 3.8) is 0 Å². The number of hydrogen-bond donors (Lipinski definition) is 1. The molecule has 0 saturated heterocycles. The summed E-state index contributed by atoms with van der Waals surface area (Å²) in [6, 6.07) is 0. The van der Waals surface area contributed by atoms with E-state index in [0.29, 0.717) is 4.47 Å². The lowest BCUT2D eigenvalue weighted by Crippen LogP contribution is -2.48. The van der Waals surface area contributed by atoms with Gasteiger partial charge in [0.1, 0.15) is 5.54 Å². The van der Waals surface area contributed by atoms with Gasteiger partial charge in [0.2, 0.25) is 5.82 Å². The lowest BCUT2D eigenvalue weighted by molar-refractivity contribution is -0.163. The quantitative estimate of drug-likeness (QED) is 0.910. The molecule has 1 amide bonds. The Hall–Kier alpha value is -1.18. The smallest absolute Gasteiger partial charge is 0.335 e. The van der Waals surface area contributed by atoms with Crippen LogP contribution >= 0.6 is 15.9 Å². The van der Waals surface area contributed by atoms with E-state index in [-0.39, 0.29) is 18.7 Å². The van der Waals surface area contributed by atoms with Gasteiger partial charge in [0.15, 0.2) is 0 Å². The number of carbonyl (C=O) groups is 1. The molecule has 1 fully saturated rings. The molecule has 0 atom stereocenters. The predicted octanol–water partition coefficient (Wildman–Crippen LogP) is 2.06. The third-order valence-corrected chi connectivity index (χ3v) is 2.88. The highest BCUT2D eigenvalue weighted by molar-refractivity contribution is 9.10. The highest BCUT2D eigenvalue weighted by Gasteiger charge is 2.64. The van der Waals surface area contributed by atoms with Gasteiger partial charge >= 0.3 is 6.18 Å². The van der Waals surface area contributed by atoms with Crippen LogP contribution in [0.25, 0.3) is 0 Å². The lowest BCUT2D eigenvalue weighted by atomic mass is 10.2. The molecule has 4 nitrogen and oxygen atoms in total. The number of rotatable bonds is 2. The van der Waals surface area contributed by atoms with Crippen LogP contribution in [0.5, 0.6) is 0 Å². The molecule has 0 bridgehead atoms. The van der Waals surface area contributed by atoms with E-state index in [2.05, 4.69) is 25.9 Å². The van der Waals surface area contributed by atoms with E-state index in [4.69, 9.17) is 0 Å². The second-order valence-corrected chi connectivity index (χ2v) is 4.67. The van der Waals surface area contributed by atoms with E-state index >= 15 is 0 Å². The Kier molecular flexibility index (Phi) is 2.84. The van der Waals surface area contributed by atoms with Gasteiger partial charge in [-0.1, -0.05) is 0 Å². The Morgan fingerprint density at radius 2 is 1.88 bits per heavy atom. The maximum absolute atomic E-state index is 12.6. The van der Waals surface area contributed by atoms with Crippen LogP contribution in [0.15, 0.2) is 16.9 Å². The van der Waals surface area contributed by atoms with Gasteiger partial charge in [0.05, 0.1) is 4.47 Å². The molecule has 8 heteroatoms. The highest BCUT2D eigenvalue weighted by Crippen LogP contribution is 2.48. The zero-order chi connectivity index (χ0) is 12.7. The molecule has 17 heavy (non-hydrogen) atoms. The summed E-state index contributed by atoms with van der Waals surface area (Å²) in [7, 11) is 0. The first kappa shape index (κ1) is 12.3. The van der Waals surface area contributed by atoms with Gasteiger partial charge in [-0.15, -0.1) is 0 Å². The van der Waals surface area contributed by atoms with Gasteiger partial charge in [0, 0.05) is 12.4 Å². The number of nitrogens with zero attached hydrogens (tertiary/aromatic N) is 2. The number of nitrogens with one attached hydrogen (secondary N) is 1. The van der Waals surface area contributed by atoms with Gasteiger partial charge in [-0.05, 0) is 28.8 Å². The molecule has 0 aliphatic heterocycles. The molecule has 0 unspecified atom stereocenters. The zero-order valence-electron chi connectivity index (χ0n) is 8.38. The summed E-state index contributed by atoms with van der Waals surface area (Å²) in [4.78, 5) is 18.8. The molecule has 2 rings (SSSR count). The van der Waals surface area contributed by atoms with E-state index in [1.807, 2.05) is 5.32 Å². The summed E-state index contributed by atoms with van der Waals surface area (Å²) in [5.41, 5.74) is -2.08. The number of halogens is 4. The first-order valence-corrected chi connectivity index (χ1v) is 5.50. The highest BCUT2D eigenvalue weighted by atomic mass is 79.9. The Bertz CT molecular complexity index is 442. The van der Waals surface area contributed by atoms with E-state index in [1.54, 1.807) is 0 Å². The lowest BCUT2D eigenvalue weighted by Gasteiger charge is -2.19. The molecule has 1 saturated carbocycles. The molecule has 1 heterocycles. The predicted molar refractivity (Wildman–Crippen MR) is 55.2 cm³/mol. The minimum atomic E-state index is -4.43. The van der Waals surface area contributed by atoms with Crippen molar-refractivity contribution < 1.29 is 18.0 Å². The SMILES string of the molecule is O=C(NC1(C(F)(F)F)CC1)c1ncc(Br)cn1. The van der Waals surface area contributed by atoms with E-state index < -0.39 is 17.6 Å². The summed E-state index contributed by atoms with van der Waals surface area (Å²) in [6.45, 7) is 0. The van der Waals surface area contributed by atoms with Gasteiger partial charge in [-0.25, -0.2) is 9.97 Å². The van der Waals surface area contributed by atoms with E-state index in [9.17, 15) is 18.0 Å². The Morgan fingerprint density at radius 3 is 2.29 bits per heavy atom. The second-order valence-electron chi connectivity index (χ2n) is 3.76. The molecule has 1 aromatic rings. The molecule has 1 N–H and O–H groups in total. The van der Waals surface area contributed by atoms with Crippen molar-refractivity contribution in [3.8, 4) is 0 Å². The third-order valence-electron chi connectivity index (χ3n) is 2.47. The van der Waals surface area contributed by atoms with Gasteiger partial charge in [-0.3, -0.25) is 4.79 Å². The topological polar surface area (TPSA) is 54.9 Å². The average Bonchev–Trinajstić information content (AvgIpc) is 2.98. The number of alkyl halides is 3. The molecule has 1 aliphatic rings. The van der Waals surface area contributed by atoms with Gasteiger partial charge in [0.25, 0.3) is 5.91 Å². The summed E-state index contributed by atoms with van der Waals surface area (Å²) in [5.74, 6) is -1.18.